The van der Waals surface area contributed by atoms with E-state index >= 15 is 0 Å². The zero-order valence-corrected chi connectivity index (χ0v) is 11.8. The van der Waals surface area contributed by atoms with Crippen LogP contribution in [0.1, 0.15) is 11.6 Å². The highest BCUT2D eigenvalue weighted by Gasteiger charge is 2.14. The zero-order chi connectivity index (χ0) is 13.8. The Balaban J connectivity index is 1.81. The summed E-state index contributed by atoms with van der Waals surface area (Å²) in [5.41, 5.74) is 4.03. The molecule has 1 aromatic heterocycles. The smallest absolute Gasteiger partial charge is 0.119 e. The lowest BCUT2D eigenvalue weighted by molar-refractivity contribution is 0.268. The molecule has 3 aromatic rings. The molecule has 0 aliphatic rings. The van der Waals surface area contributed by atoms with Crippen molar-refractivity contribution >= 4 is 21.4 Å². The SMILES string of the molecule is NNC(COc1ccccc1)c1cccc2ccsc12. The number of fused-ring (bicyclic) bond motifs is 1. The number of ether oxygens (including phenoxy) is 1. The Hall–Kier alpha value is -1.88. The number of hydrogen-bond donors (Lipinski definition) is 2. The highest BCUT2D eigenvalue weighted by atomic mass is 32.1. The van der Waals surface area contributed by atoms with Crippen LogP contribution in [0.15, 0.2) is 60.0 Å². The van der Waals surface area contributed by atoms with Crippen LogP contribution in [0.3, 0.4) is 0 Å². The summed E-state index contributed by atoms with van der Waals surface area (Å²) in [5.74, 6) is 6.56. The van der Waals surface area contributed by atoms with E-state index in [2.05, 4.69) is 35.1 Å². The van der Waals surface area contributed by atoms with E-state index in [1.165, 1.54) is 15.6 Å². The summed E-state index contributed by atoms with van der Waals surface area (Å²) in [7, 11) is 0. The van der Waals surface area contributed by atoms with Gasteiger partial charge in [-0.15, -0.1) is 11.3 Å². The fourth-order valence-electron chi connectivity index (χ4n) is 2.21. The average molecular weight is 284 g/mol. The molecule has 0 fully saturated rings. The Bertz CT molecular complexity index is 681. The number of hydrazine groups is 1. The Kier molecular flexibility index (Phi) is 3.97. The van der Waals surface area contributed by atoms with Crippen LogP contribution in [0.2, 0.25) is 0 Å². The first-order valence-corrected chi connectivity index (χ1v) is 7.36. The summed E-state index contributed by atoms with van der Waals surface area (Å²) >= 11 is 1.73. The normalized spacial score (nSPS) is 12.4. The van der Waals surface area contributed by atoms with Crippen LogP contribution in [-0.2, 0) is 0 Å². The first kappa shape index (κ1) is 13.1. The van der Waals surface area contributed by atoms with Crippen molar-refractivity contribution in [1.82, 2.24) is 5.43 Å². The highest BCUT2D eigenvalue weighted by Crippen LogP contribution is 2.29. The summed E-state index contributed by atoms with van der Waals surface area (Å²) in [6.07, 6.45) is 0. The van der Waals surface area contributed by atoms with Gasteiger partial charge in [0.15, 0.2) is 0 Å². The lowest BCUT2D eigenvalue weighted by Crippen LogP contribution is -2.32. The molecule has 0 aliphatic heterocycles. The number of thiophene rings is 1. The van der Waals surface area contributed by atoms with Gasteiger partial charge >= 0.3 is 0 Å². The minimum atomic E-state index is -0.0300. The molecule has 1 heterocycles. The molecule has 3 N–H and O–H groups in total. The number of nitrogens with two attached hydrogens (primary N) is 1. The molecule has 0 amide bonds. The van der Waals surface area contributed by atoms with Crippen molar-refractivity contribution < 1.29 is 4.74 Å². The maximum absolute atomic E-state index is 5.80. The first-order chi connectivity index (χ1) is 9.88. The number of benzene rings is 2. The van der Waals surface area contributed by atoms with Crippen molar-refractivity contribution in [2.24, 2.45) is 5.84 Å². The van der Waals surface area contributed by atoms with Crippen LogP contribution >= 0.6 is 11.3 Å². The Morgan fingerprint density at radius 1 is 1.05 bits per heavy atom. The molecule has 0 saturated carbocycles. The van der Waals surface area contributed by atoms with Crippen molar-refractivity contribution in [3.8, 4) is 5.75 Å². The van der Waals surface area contributed by atoms with Crippen LogP contribution in [0, 0.1) is 0 Å². The monoisotopic (exact) mass is 284 g/mol. The zero-order valence-electron chi connectivity index (χ0n) is 11.0. The van der Waals surface area contributed by atoms with E-state index in [1.54, 1.807) is 11.3 Å². The molecule has 0 saturated heterocycles. The van der Waals surface area contributed by atoms with Gasteiger partial charge in [0, 0.05) is 4.70 Å². The van der Waals surface area contributed by atoms with E-state index in [9.17, 15) is 0 Å². The van der Waals surface area contributed by atoms with E-state index in [-0.39, 0.29) is 6.04 Å². The second-order valence-electron chi connectivity index (χ2n) is 4.53. The third-order valence-corrected chi connectivity index (χ3v) is 4.23. The molecule has 1 unspecified atom stereocenters. The number of hydrogen-bond acceptors (Lipinski definition) is 4. The Morgan fingerprint density at radius 3 is 2.70 bits per heavy atom. The van der Waals surface area contributed by atoms with E-state index in [1.807, 2.05) is 30.3 Å². The standard InChI is InChI=1S/C16H16N2OS/c17-18-15(11-19-13-6-2-1-3-7-13)14-8-4-5-12-9-10-20-16(12)14/h1-10,15,18H,11,17H2. The predicted octanol–water partition coefficient (Wildman–Crippen LogP) is 3.48. The number of para-hydroxylation sites is 1. The minimum absolute atomic E-state index is 0.0300. The van der Waals surface area contributed by atoms with Gasteiger partial charge < -0.3 is 4.74 Å². The van der Waals surface area contributed by atoms with Crippen molar-refractivity contribution in [2.75, 3.05) is 6.61 Å². The van der Waals surface area contributed by atoms with Crippen molar-refractivity contribution in [1.29, 1.82) is 0 Å². The van der Waals surface area contributed by atoms with E-state index in [4.69, 9.17) is 10.6 Å². The Labute approximate surface area is 122 Å². The molecule has 20 heavy (non-hydrogen) atoms. The van der Waals surface area contributed by atoms with Gasteiger partial charge in [0.25, 0.3) is 0 Å². The quantitative estimate of drug-likeness (QED) is 0.557. The van der Waals surface area contributed by atoms with Crippen LogP contribution in [0.4, 0.5) is 0 Å². The van der Waals surface area contributed by atoms with Gasteiger partial charge in [-0.25, -0.2) is 5.43 Å². The van der Waals surface area contributed by atoms with E-state index in [0.717, 1.165) is 5.75 Å². The summed E-state index contributed by atoms with van der Waals surface area (Å²) in [5, 5.41) is 3.34. The van der Waals surface area contributed by atoms with Gasteiger partial charge in [-0.1, -0.05) is 36.4 Å². The lowest BCUT2D eigenvalue weighted by atomic mass is 10.1. The van der Waals surface area contributed by atoms with Gasteiger partial charge in [-0.05, 0) is 34.5 Å². The lowest BCUT2D eigenvalue weighted by Gasteiger charge is -2.18. The third-order valence-electron chi connectivity index (χ3n) is 3.25. The van der Waals surface area contributed by atoms with Crippen molar-refractivity contribution in [3.63, 3.8) is 0 Å². The number of rotatable bonds is 5. The average Bonchev–Trinajstić information content (AvgIpc) is 2.98. The fraction of sp³-hybridized carbons (Fsp3) is 0.125. The van der Waals surface area contributed by atoms with Crippen molar-refractivity contribution in [3.05, 3.63) is 65.5 Å². The molecule has 0 bridgehead atoms. The van der Waals surface area contributed by atoms with Gasteiger partial charge in [-0.3, -0.25) is 5.84 Å². The predicted molar refractivity (Wildman–Crippen MR) is 83.8 cm³/mol. The topological polar surface area (TPSA) is 47.3 Å². The van der Waals surface area contributed by atoms with Gasteiger partial charge in [-0.2, -0.15) is 0 Å². The van der Waals surface area contributed by atoms with Crippen LogP contribution < -0.4 is 16.0 Å². The minimum Gasteiger partial charge on any atom is -0.492 e. The molecule has 4 heteroatoms. The van der Waals surface area contributed by atoms with Crippen LogP contribution in [0.5, 0.6) is 5.75 Å². The maximum atomic E-state index is 5.80. The molecule has 102 valence electrons. The second kappa shape index (κ2) is 6.05. The number of nitrogens with one attached hydrogen (secondary N) is 1. The van der Waals surface area contributed by atoms with E-state index < -0.39 is 0 Å². The molecule has 1 atom stereocenters. The molecule has 0 radical (unpaired) electrons. The molecule has 3 nitrogen and oxygen atoms in total. The van der Waals surface area contributed by atoms with Gasteiger partial charge in [0.2, 0.25) is 0 Å². The van der Waals surface area contributed by atoms with Crippen LogP contribution in [0.25, 0.3) is 10.1 Å². The molecule has 2 aromatic carbocycles. The van der Waals surface area contributed by atoms with Gasteiger partial charge in [0.1, 0.15) is 12.4 Å². The molecular weight excluding hydrogens is 268 g/mol. The second-order valence-corrected chi connectivity index (χ2v) is 5.45. The van der Waals surface area contributed by atoms with Gasteiger partial charge in [0.05, 0.1) is 6.04 Å². The summed E-state index contributed by atoms with van der Waals surface area (Å²) in [6.45, 7) is 0.498. The third kappa shape index (κ3) is 2.67. The fourth-order valence-corrected chi connectivity index (χ4v) is 3.18. The largest absolute Gasteiger partial charge is 0.492 e. The molecule has 3 rings (SSSR count). The van der Waals surface area contributed by atoms with Crippen molar-refractivity contribution in [2.45, 2.75) is 6.04 Å². The Morgan fingerprint density at radius 2 is 1.90 bits per heavy atom. The van der Waals surface area contributed by atoms with Crippen LogP contribution in [-0.4, -0.2) is 6.61 Å². The molecule has 0 spiro atoms. The van der Waals surface area contributed by atoms with E-state index in [0.29, 0.717) is 6.61 Å². The summed E-state index contributed by atoms with van der Waals surface area (Å²) < 4.78 is 7.06. The highest BCUT2D eigenvalue weighted by molar-refractivity contribution is 7.17. The summed E-state index contributed by atoms with van der Waals surface area (Å²) in [6, 6.07) is 18.1. The molecular formula is C16H16N2OS. The maximum Gasteiger partial charge on any atom is 0.119 e. The summed E-state index contributed by atoms with van der Waals surface area (Å²) in [4.78, 5) is 0. The first-order valence-electron chi connectivity index (χ1n) is 6.48. The molecule has 0 aliphatic carbocycles.